The Morgan fingerprint density at radius 2 is 2.16 bits per heavy atom. The van der Waals surface area contributed by atoms with Crippen LogP contribution in [0.2, 0.25) is 0 Å². The van der Waals surface area contributed by atoms with Gasteiger partial charge in [-0.25, -0.2) is 4.79 Å². The van der Waals surface area contributed by atoms with E-state index in [2.05, 4.69) is 20.9 Å². The number of halogens is 1. The monoisotopic (exact) mass is 290 g/mol. The first kappa shape index (κ1) is 16.2. The predicted octanol–water partition coefficient (Wildman–Crippen LogP) is -0.0607. The Hall–Kier alpha value is -0.850. The van der Waals surface area contributed by atoms with E-state index in [-0.39, 0.29) is 18.3 Å². The molecule has 3 N–H and O–H groups in total. The first-order valence-electron chi connectivity index (χ1n) is 6.58. The zero-order valence-electron chi connectivity index (χ0n) is 11.3. The second-order valence-electron chi connectivity index (χ2n) is 5.33. The Balaban J connectivity index is 0.00000180. The van der Waals surface area contributed by atoms with Crippen LogP contribution < -0.4 is 16.0 Å². The van der Waals surface area contributed by atoms with Crippen LogP contribution in [0, 0.1) is 5.41 Å². The summed E-state index contributed by atoms with van der Waals surface area (Å²) in [5, 5.41) is 8.07. The minimum absolute atomic E-state index is 0. The number of likely N-dealkylation sites (tertiary alicyclic amines) is 1. The smallest absolute Gasteiger partial charge is 0.321 e. The summed E-state index contributed by atoms with van der Waals surface area (Å²) in [5.41, 5.74) is 0.442. The molecule has 1 atom stereocenters. The minimum atomic E-state index is -0.433. The molecule has 2 heterocycles. The third kappa shape index (κ3) is 4.33. The fourth-order valence-corrected chi connectivity index (χ4v) is 2.87. The van der Waals surface area contributed by atoms with Gasteiger partial charge >= 0.3 is 6.03 Å². The molecule has 6 nitrogen and oxygen atoms in total. The number of hydrogen-bond acceptors (Lipinski definition) is 4. The Morgan fingerprint density at radius 3 is 2.79 bits per heavy atom. The van der Waals surface area contributed by atoms with Gasteiger partial charge in [-0.15, -0.1) is 12.4 Å². The Kier molecular flexibility index (Phi) is 6.03. The molecule has 0 radical (unpaired) electrons. The zero-order chi connectivity index (χ0) is 13.0. The third-order valence-electron chi connectivity index (χ3n) is 3.98. The second-order valence-corrected chi connectivity index (χ2v) is 5.33. The van der Waals surface area contributed by atoms with Crippen LogP contribution in [0.15, 0.2) is 0 Å². The van der Waals surface area contributed by atoms with Gasteiger partial charge in [0.15, 0.2) is 0 Å². The summed E-state index contributed by atoms with van der Waals surface area (Å²) >= 11 is 0. The van der Waals surface area contributed by atoms with Gasteiger partial charge in [0.2, 0.25) is 5.91 Å². The summed E-state index contributed by atoms with van der Waals surface area (Å²) in [6.45, 7) is 5.10. The van der Waals surface area contributed by atoms with Gasteiger partial charge in [-0.2, -0.15) is 0 Å². The molecule has 1 unspecified atom stereocenters. The van der Waals surface area contributed by atoms with Crippen molar-refractivity contribution in [3.05, 3.63) is 0 Å². The molecule has 2 rings (SSSR count). The lowest BCUT2D eigenvalue weighted by Gasteiger charge is -2.22. The summed E-state index contributed by atoms with van der Waals surface area (Å²) in [6, 6.07) is -0.433. The number of rotatable bonds is 3. The van der Waals surface area contributed by atoms with E-state index < -0.39 is 6.03 Å². The molecule has 19 heavy (non-hydrogen) atoms. The van der Waals surface area contributed by atoms with E-state index in [9.17, 15) is 9.59 Å². The first-order valence-corrected chi connectivity index (χ1v) is 6.58. The quantitative estimate of drug-likeness (QED) is 0.681. The topological polar surface area (TPSA) is 73.5 Å². The number of carbonyl (C=O) groups is 2. The number of amides is 3. The summed E-state index contributed by atoms with van der Waals surface area (Å²) in [4.78, 5) is 24.8. The minimum Gasteiger partial charge on any atom is -0.341 e. The fraction of sp³-hybridized carbons (Fsp3) is 0.833. The van der Waals surface area contributed by atoms with Crippen molar-refractivity contribution in [2.75, 3.05) is 39.8 Å². The summed E-state index contributed by atoms with van der Waals surface area (Å²) < 4.78 is 0. The largest absolute Gasteiger partial charge is 0.341 e. The number of urea groups is 1. The lowest BCUT2D eigenvalue weighted by Crippen LogP contribution is -2.39. The van der Waals surface area contributed by atoms with Crippen LogP contribution in [-0.2, 0) is 4.79 Å². The SMILES string of the molecule is CNC(=O)NC(=O)CCN1CCC2(CCNC2)C1.Cl. The highest BCUT2D eigenvalue weighted by Gasteiger charge is 2.39. The average Bonchev–Trinajstić information content (AvgIpc) is 2.98. The van der Waals surface area contributed by atoms with Crippen molar-refractivity contribution in [1.29, 1.82) is 0 Å². The molecule has 0 saturated carbocycles. The van der Waals surface area contributed by atoms with Gasteiger partial charge in [0, 0.05) is 33.1 Å². The molecular formula is C12H23ClN4O2. The highest BCUT2D eigenvalue weighted by molar-refractivity contribution is 5.94. The van der Waals surface area contributed by atoms with Crippen molar-refractivity contribution < 1.29 is 9.59 Å². The summed E-state index contributed by atoms with van der Waals surface area (Å²) in [5.74, 6) is -0.208. The Labute approximate surface area is 120 Å². The molecule has 3 amide bonds. The van der Waals surface area contributed by atoms with Crippen molar-refractivity contribution in [2.24, 2.45) is 5.41 Å². The van der Waals surface area contributed by atoms with Crippen LogP contribution >= 0.6 is 12.4 Å². The van der Waals surface area contributed by atoms with E-state index in [4.69, 9.17) is 0 Å². The van der Waals surface area contributed by atoms with E-state index in [0.29, 0.717) is 11.8 Å². The average molecular weight is 291 g/mol. The van der Waals surface area contributed by atoms with Crippen LogP contribution in [0.5, 0.6) is 0 Å². The number of nitrogens with zero attached hydrogens (tertiary/aromatic N) is 1. The number of nitrogens with one attached hydrogen (secondary N) is 3. The standard InChI is InChI=1S/C12H22N4O2.ClH/c1-13-11(18)15-10(17)2-6-16-7-4-12(9-16)3-5-14-8-12;/h14H,2-9H2,1H3,(H2,13,15,17,18);1H. The third-order valence-corrected chi connectivity index (χ3v) is 3.98. The molecule has 0 aromatic rings. The van der Waals surface area contributed by atoms with Crippen molar-refractivity contribution in [3.8, 4) is 0 Å². The van der Waals surface area contributed by atoms with E-state index >= 15 is 0 Å². The molecule has 0 bridgehead atoms. The molecule has 1 spiro atoms. The lowest BCUT2D eigenvalue weighted by molar-refractivity contribution is -0.120. The van der Waals surface area contributed by atoms with E-state index in [1.165, 1.54) is 19.9 Å². The van der Waals surface area contributed by atoms with Gasteiger partial charge in [0.25, 0.3) is 0 Å². The number of imide groups is 1. The molecule has 0 aliphatic carbocycles. The van der Waals surface area contributed by atoms with Crippen molar-refractivity contribution >= 4 is 24.3 Å². The first-order chi connectivity index (χ1) is 8.63. The number of carbonyl (C=O) groups excluding carboxylic acids is 2. The van der Waals surface area contributed by atoms with Gasteiger partial charge < -0.3 is 15.5 Å². The van der Waals surface area contributed by atoms with E-state index in [1.807, 2.05) is 0 Å². The summed E-state index contributed by atoms with van der Waals surface area (Å²) in [6.07, 6.45) is 2.85. The van der Waals surface area contributed by atoms with Gasteiger partial charge in [-0.3, -0.25) is 10.1 Å². The zero-order valence-corrected chi connectivity index (χ0v) is 12.1. The molecule has 110 valence electrons. The maximum Gasteiger partial charge on any atom is 0.321 e. The second kappa shape index (κ2) is 7.07. The lowest BCUT2D eigenvalue weighted by atomic mass is 9.87. The van der Waals surface area contributed by atoms with Crippen LogP contribution in [0.3, 0.4) is 0 Å². The molecule has 0 aromatic heterocycles. The molecule has 0 aromatic carbocycles. The molecular weight excluding hydrogens is 268 g/mol. The number of hydrogen-bond donors (Lipinski definition) is 3. The van der Waals surface area contributed by atoms with Crippen LogP contribution in [-0.4, -0.2) is 56.6 Å². The molecule has 2 aliphatic rings. The van der Waals surface area contributed by atoms with Gasteiger partial charge in [0.1, 0.15) is 0 Å². The van der Waals surface area contributed by atoms with Crippen molar-refractivity contribution in [1.82, 2.24) is 20.9 Å². The van der Waals surface area contributed by atoms with Gasteiger partial charge in [0.05, 0.1) is 0 Å². The van der Waals surface area contributed by atoms with Crippen LogP contribution in [0.4, 0.5) is 4.79 Å². The summed E-state index contributed by atoms with van der Waals surface area (Å²) in [7, 11) is 1.50. The molecule has 2 fully saturated rings. The van der Waals surface area contributed by atoms with Crippen LogP contribution in [0.1, 0.15) is 19.3 Å². The van der Waals surface area contributed by atoms with Crippen LogP contribution in [0.25, 0.3) is 0 Å². The maximum absolute atomic E-state index is 11.5. The van der Waals surface area contributed by atoms with Gasteiger partial charge in [-0.05, 0) is 31.3 Å². The highest BCUT2D eigenvalue weighted by atomic mass is 35.5. The van der Waals surface area contributed by atoms with Crippen molar-refractivity contribution in [2.45, 2.75) is 19.3 Å². The molecule has 7 heteroatoms. The normalized spacial score (nSPS) is 26.2. The fourth-order valence-electron chi connectivity index (χ4n) is 2.87. The molecule has 2 saturated heterocycles. The highest BCUT2D eigenvalue weighted by Crippen LogP contribution is 2.35. The Morgan fingerprint density at radius 1 is 1.37 bits per heavy atom. The maximum atomic E-state index is 11.5. The predicted molar refractivity (Wildman–Crippen MR) is 75.4 cm³/mol. The van der Waals surface area contributed by atoms with E-state index in [0.717, 1.165) is 32.7 Å². The van der Waals surface area contributed by atoms with E-state index in [1.54, 1.807) is 0 Å². The Bertz CT molecular complexity index is 332. The van der Waals surface area contributed by atoms with Gasteiger partial charge in [-0.1, -0.05) is 0 Å². The van der Waals surface area contributed by atoms with Crippen molar-refractivity contribution in [3.63, 3.8) is 0 Å². The molecule has 2 aliphatic heterocycles.